The maximum atomic E-state index is 5.22. The minimum absolute atomic E-state index is 0.858. The van der Waals surface area contributed by atoms with Crippen LogP contribution in [0.4, 0.5) is 0 Å². The van der Waals surface area contributed by atoms with Crippen molar-refractivity contribution in [2.24, 2.45) is 0 Å². The number of methoxy groups -OCH3 is 1. The minimum Gasteiger partial charge on any atom is -0.497 e. The van der Waals surface area contributed by atoms with Crippen LogP contribution in [0.3, 0.4) is 0 Å². The van der Waals surface area contributed by atoms with Gasteiger partial charge in [-0.25, -0.2) is 0 Å². The highest BCUT2D eigenvalue weighted by molar-refractivity contribution is 5.72. The van der Waals surface area contributed by atoms with Crippen LogP contribution in [0.2, 0.25) is 0 Å². The van der Waals surface area contributed by atoms with Gasteiger partial charge in [0.25, 0.3) is 0 Å². The molecule has 0 aliphatic carbocycles. The van der Waals surface area contributed by atoms with Gasteiger partial charge in [0.2, 0.25) is 0 Å². The predicted molar refractivity (Wildman–Crippen MR) is 95.6 cm³/mol. The SMILES string of the molecule is COc1ccc(-c2ccccc2C#Cc2ccc(C)cc2)cc1. The van der Waals surface area contributed by atoms with Gasteiger partial charge in [-0.3, -0.25) is 0 Å². The maximum Gasteiger partial charge on any atom is 0.118 e. The fourth-order valence-corrected chi connectivity index (χ4v) is 2.39. The lowest BCUT2D eigenvalue weighted by molar-refractivity contribution is 0.415. The molecular weight excluding hydrogens is 280 g/mol. The van der Waals surface area contributed by atoms with E-state index in [4.69, 9.17) is 4.74 Å². The van der Waals surface area contributed by atoms with Crippen LogP contribution >= 0.6 is 0 Å². The number of rotatable bonds is 2. The summed E-state index contributed by atoms with van der Waals surface area (Å²) >= 11 is 0. The van der Waals surface area contributed by atoms with Crippen molar-refractivity contribution in [2.75, 3.05) is 7.11 Å². The van der Waals surface area contributed by atoms with Gasteiger partial charge in [-0.05, 0) is 48.4 Å². The molecule has 0 amide bonds. The zero-order valence-electron chi connectivity index (χ0n) is 13.3. The average molecular weight is 298 g/mol. The van der Waals surface area contributed by atoms with Gasteiger partial charge in [0.1, 0.15) is 5.75 Å². The Kier molecular flexibility index (Phi) is 4.45. The molecule has 0 spiro atoms. The van der Waals surface area contributed by atoms with Gasteiger partial charge in [0, 0.05) is 11.1 Å². The van der Waals surface area contributed by atoms with E-state index < -0.39 is 0 Å². The van der Waals surface area contributed by atoms with Gasteiger partial charge >= 0.3 is 0 Å². The molecule has 0 radical (unpaired) electrons. The Morgan fingerprint density at radius 3 is 2.13 bits per heavy atom. The van der Waals surface area contributed by atoms with Crippen molar-refractivity contribution < 1.29 is 4.74 Å². The van der Waals surface area contributed by atoms with E-state index in [0.29, 0.717) is 0 Å². The number of benzene rings is 3. The van der Waals surface area contributed by atoms with Crippen LogP contribution in [0.5, 0.6) is 5.75 Å². The molecule has 1 nitrogen and oxygen atoms in total. The summed E-state index contributed by atoms with van der Waals surface area (Å²) in [6, 6.07) is 24.6. The highest BCUT2D eigenvalue weighted by Crippen LogP contribution is 2.25. The topological polar surface area (TPSA) is 9.23 Å². The molecule has 3 aromatic rings. The summed E-state index contributed by atoms with van der Waals surface area (Å²) in [6.45, 7) is 2.08. The molecule has 0 atom stereocenters. The molecule has 0 N–H and O–H groups in total. The fourth-order valence-electron chi connectivity index (χ4n) is 2.39. The minimum atomic E-state index is 0.858. The molecule has 0 aliphatic rings. The van der Waals surface area contributed by atoms with Gasteiger partial charge < -0.3 is 4.74 Å². The van der Waals surface area contributed by atoms with Crippen LogP contribution in [0.25, 0.3) is 11.1 Å². The van der Waals surface area contributed by atoms with E-state index in [2.05, 4.69) is 67.3 Å². The molecule has 1 heteroatoms. The molecule has 0 aliphatic heterocycles. The van der Waals surface area contributed by atoms with Crippen LogP contribution in [0.15, 0.2) is 72.8 Å². The summed E-state index contributed by atoms with van der Waals surface area (Å²) in [7, 11) is 1.68. The lowest BCUT2D eigenvalue weighted by Crippen LogP contribution is -1.86. The highest BCUT2D eigenvalue weighted by Gasteiger charge is 2.02. The van der Waals surface area contributed by atoms with Crippen LogP contribution in [0.1, 0.15) is 16.7 Å². The third-order valence-electron chi connectivity index (χ3n) is 3.72. The molecule has 0 unspecified atom stereocenters. The summed E-state index contributed by atoms with van der Waals surface area (Å²) in [4.78, 5) is 0. The van der Waals surface area contributed by atoms with E-state index in [-0.39, 0.29) is 0 Å². The first-order valence-electron chi connectivity index (χ1n) is 7.58. The largest absolute Gasteiger partial charge is 0.497 e. The lowest BCUT2D eigenvalue weighted by atomic mass is 9.99. The summed E-state index contributed by atoms with van der Waals surface area (Å²) in [5.41, 5.74) is 5.57. The Balaban J connectivity index is 1.96. The van der Waals surface area contributed by atoms with E-state index in [0.717, 1.165) is 28.0 Å². The van der Waals surface area contributed by atoms with Crippen molar-refractivity contribution in [1.29, 1.82) is 0 Å². The van der Waals surface area contributed by atoms with Gasteiger partial charge in [-0.1, -0.05) is 59.9 Å². The van der Waals surface area contributed by atoms with E-state index in [9.17, 15) is 0 Å². The molecule has 0 bridgehead atoms. The summed E-state index contributed by atoms with van der Waals surface area (Å²) < 4.78 is 5.22. The van der Waals surface area contributed by atoms with E-state index in [1.807, 2.05) is 24.3 Å². The van der Waals surface area contributed by atoms with E-state index in [1.54, 1.807) is 7.11 Å². The molecule has 3 aromatic carbocycles. The van der Waals surface area contributed by atoms with Crippen molar-refractivity contribution in [3.8, 4) is 28.7 Å². The predicted octanol–water partition coefficient (Wildman–Crippen LogP) is 5.07. The highest BCUT2D eigenvalue weighted by atomic mass is 16.5. The molecule has 0 saturated heterocycles. The second-order valence-corrected chi connectivity index (χ2v) is 5.39. The summed E-state index contributed by atoms with van der Waals surface area (Å²) in [5.74, 6) is 7.40. The Hall–Kier alpha value is -2.98. The normalized spacial score (nSPS) is 9.83. The van der Waals surface area contributed by atoms with Gasteiger partial charge in [0.05, 0.1) is 7.11 Å². The molecular formula is C22H18O. The monoisotopic (exact) mass is 298 g/mol. The third-order valence-corrected chi connectivity index (χ3v) is 3.72. The van der Waals surface area contributed by atoms with Crippen molar-refractivity contribution in [3.63, 3.8) is 0 Å². The Labute approximate surface area is 137 Å². The number of ether oxygens (including phenoxy) is 1. The molecule has 3 rings (SSSR count). The van der Waals surface area contributed by atoms with Crippen LogP contribution in [-0.2, 0) is 0 Å². The molecule has 0 saturated carbocycles. The summed E-state index contributed by atoms with van der Waals surface area (Å²) in [6.07, 6.45) is 0. The van der Waals surface area contributed by atoms with Crippen LogP contribution in [0, 0.1) is 18.8 Å². The third kappa shape index (κ3) is 3.62. The zero-order valence-corrected chi connectivity index (χ0v) is 13.3. The Morgan fingerprint density at radius 1 is 0.739 bits per heavy atom. The quantitative estimate of drug-likeness (QED) is 0.600. The van der Waals surface area contributed by atoms with Gasteiger partial charge in [-0.2, -0.15) is 0 Å². The number of hydrogen-bond acceptors (Lipinski definition) is 1. The molecule has 0 heterocycles. The molecule has 0 fully saturated rings. The number of aryl methyl sites for hydroxylation is 1. The van der Waals surface area contributed by atoms with E-state index in [1.165, 1.54) is 5.56 Å². The van der Waals surface area contributed by atoms with Crippen molar-refractivity contribution in [2.45, 2.75) is 6.92 Å². The van der Waals surface area contributed by atoms with Gasteiger partial charge in [0.15, 0.2) is 0 Å². The smallest absolute Gasteiger partial charge is 0.118 e. The number of hydrogen-bond donors (Lipinski definition) is 0. The Morgan fingerprint density at radius 2 is 1.43 bits per heavy atom. The first kappa shape index (κ1) is 14.9. The average Bonchev–Trinajstić information content (AvgIpc) is 2.62. The molecule has 23 heavy (non-hydrogen) atoms. The second kappa shape index (κ2) is 6.85. The van der Waals surface area contributed by atoms with Crippen LogP contribution in [-0.4, -0.2) is 7.11 Å². The zero-order chi connectivity index (χ0) is 16.1. The summed E-state index contributed by atoms with van der Waals surface area (Å²) in [5, 5.41) is 0. The molecule has 112 valence electrons. The van der Waals surface area contributed by atoms with Crippen LogP contribution < -0.4 is 4.74 Å². The van der Waals surface area contributed by atoms with Crippen molar-refractivity contribution >= 4 is 0 Å². The maximum absolute atomic E-state index is 5.22. The fraction of sp³-hybridized carbons (Fsp3) is 0.0909. The lowest BCUT2D eigenvalue weighted by Gasteiger charge is -2.06. The second-order valence-electron chi connectivity index (χ2n) is 5.39. The Bertz CT molecular complexity index is 847. The first-order valence-corrected chi connectivity index (χ1v) is 7.58. The van der Waals surface area contributed by atoms with Gasteiger partial charge in [-0.15, -0.1) is 0 Å². The molecule has 0 aromatic heterocycles. The van der Waals surface area contributed by atoms with E-state index >= 15 is 0 Å². The van der Waals surface area contributed by atoms with Crippen molar-refractivity contribution in [1.82, 2.24) is 0 Å². The standard InChI is InChI=1S/C22H18O/c1-17-7-9-18(10-8-17)11-12-19-5-3-4-6-22(19)20-13-15-21(23-2)16-14-20/h3-10,13-16H,1-2H3. The van der Waals surface area contributed by atoms with Crippen molar-refractivity contribution in [3.05, 3.63) is 89.5 Å². The first-order chi connectivity index (χ1) is 11.3.